The van der Waals surface area contributed by atoms with E-state index in [4.69, 9.17) is 11.6 Å². The molecule has 0 unspecified atom stereocenters. The largest absolute Gasteiger partial charge is 0.336 e. The Morgan fingerprint density at radius 1 is 1.27 bits per heavy atom. The molecule has 0 atom stereocenters. The number of aryl methyl sites for hydroxylation is 1. The Bertz CT molecular complexity index is 1050. The second-order valence-electron chi connectivity index (χ2n) is 5.95. The van der Waals surface area contributed by atoms with Gasteiger partial charge in [-0.1, -0.05) is 23.7 Å². The Morgan fingerprint density at radius 3 is 2.73 bits per heavy atom. The van der Waals surface area contributed by atoms with Crippen LogP contribution in [-0.2, 0) is 13.1 Å². The molecule has 0 saturated carbocycles. The van der Waals surface area contributed by atoms with Gasteiger partial charge in [0.1, 0.15) is 5.82 Å². The van der Waals surface area contributed by atoms with Crippen LogP contribution in [0.3, 0.4) is 0 Å². The van der Waals surface area contributed by atoms with Crippen molar-refractivity contribution in [3.8, 4) is 0 Å². The number of nitrogens with zero attached hydrogens (tertiary/aromatic N) is 3. The SMILES string of the molecule is CCn1nc(C(=O)N(C)Cc2cccc(F)c2)c(=O)c2cc(Cl)ccc21. The zero-order chi connectivity index (χ0) is 18.8. The number of carbonyl (C=O) groups excluding carboxylic acids is 1. The topological polar surface area (TPSA) is 55.2 Å². The maximum atomic E-state index is 13.3. The van der Waals surface area contributed by atoms with E-state index in [9.17, 15) is 14.0 Å². The van der Waals surface area contributed by atoms with Crippen LogP contribution in [0.25, 0.3) is 10.9 Å². The van der Waals surface area contributed by atoms with Crippen LogP contribution in [0.15, 0.2) is 47.3 Å². The first-order valence-corrected chi connectivity index (χ1v) is 8.48. The molecule has 0 saturated heterocycles. The zero-order valence-corrected chi connectivity index (χ0v) is 15.1. The highest BCUT2D eigenvalue weighted by atomic mass is 35.5. The number of amides is 1. The van der Waals surface area contributed by atoms with Crippen molar-refractivity contribution in [2.75, 3.05) is 7.05 Å². The number of hydrogen-bond donors (Lipinski definition) is 0. The van der Waals surface area contributed by atoms with Crippen molar-refractivity contribution < 1.29 is 9.18 Å². The summed E-state index contributed by atoms with van der Waals surface area (Å²) in [6, 6.07) is 10.9. The van der Waals surface area contributed by atoms with Crippen LogP contribution in [0.1, 0.15) is 23.0 Å². The third kappa shape index (κ3) is 3.46. The monoisotopic (exact) mass is 373 g/mol. The van der Waals surface area contributed by atoms with E-state index in [1.54, 1.807) is 36.0 Å². The Morgan fingerprint density at radius 2 is 2.04 bits per heavy atom. The predicted molar refractivity (Wildman–Crippen MR) is 98.9 cm³/mol. The second kappa shape index (κ2) is 7.25. The third-order valence-corrected chi connectivity index (χ3v) is 4.31. The molecule has 0 radical (unpaired) electrons. The molecule has 1 heterocycles. The van der Waals surface area contributed by atoms with Gasteiger partial charge in [0.2, 0.25) is 5.43 Å². The molecule has 0 fully saturated rings. The molecule has 3 aromatic rings. The first kappa shape index (κ1) is 18.1. The fourth-order valence-corrected chi connectivity index (χ4v) is 2.98. The van der Waals surface area contributed by atoms with Gasteiger partial charge in [-0.2, -0.15) is 5.10 Å². The lowest BCUT2D eigenvalue weighted by Crippen LogP contribution is -2.33. The summed E-state index contributed by atoms with van der Waals surface area (Å²) in [4.78, 5) is 26.9. The van der Waals surface area contributed by atoms with Gasteiger partial charge in [0, 0.05) is 25.2 Å². The molecule has 1 aromatic heterocycles. The summed E-state index contributed by atoms with van der Waals surface area (Å²) in [5.41, 5.74) is 0.593. The van der Waals surface area contributed by atoms with Crippen LogP contribution in [0.2, 0.25) is 5.02 Å². The highest BCUT2D eigenvalue weighted by Crippen LogP contribution is 2.17. The zero-order valence-electron chi connectivity index (χ0n) is 14.4. The average molecular weight is 374 g/mol. The molecule has 3 rings (SSSR count). The molecule has 26 heavy (non-hydrogen) atoms. The number of hydrogen-bond acceptors (Lipinski definition) is 3. The number of benzene rings is 2. The third-order valence-electron chi connectivity index (χ3n) is 4.07. The Kier molecular flexibility index (Phi) is 5.04. The standard InChI is InChI=1S/C19H17ClFN3O2/c1-3-24-16-8-7-13(20)10-15(16)18(25)17(22-24)19(26)23(2)11-12-5-4-6-14(21)9-12/h4-10H,3,11H2,1-2H3. The minimum Gasteiger partial charge on any atom is -0.336 e. The molecule has 7 heteroatoms. The smallest absolute Gasteiger partial charge is 0.278 e. The number of rotatable bonds is 4. The van der Waals surface area contributed by atoms with Crippen LogP contribution in [0.5, 0.6) is 0 Å². The van der Waals surface area contributed by atoms with Gasteiger partial charge in [-0.3, -0.25) is 14.3 Å². The van der Waals surface area contributed by atoms with Crippen molar-refractivity contribution in [1.29, 1.82) is 0 Å². The Hall–Kier alpha value is -2.73. The van der Waals surface area contributed by atoms with E-state index in [0.717, 1.165) is 0 Å². The number of carbonyl (C=O) groups is 1. The molecule has 0 aliphatic heterocycles. The summed E-state index contributed by atoms with van der Waals surface area (Å²) >= 11 is 6.00. The summed E-state index contributed by atoms with van der Waals surface area (Å²) in [6.45, 7) is 2.53. The van der Waals surface area contributed by atoms with Gasteiger partial charge in [0.25, 0.3) is 5.91 Å². The minimum absolute atomic E-state index is 0.164. The van der Waals surface area contributed by atoms with Crippen LogP contribution in [-0.4, -0.2) is 27.6 Å². The molecule has 0 spiro atoms. The molecule has 1 amide bonds. The lowest BCUT2D eigenvalue weighted by Gasteiger charge is -2.18. The van der Waals surface area contributed by atoms with Gasteiger partial charge in [-0.15, -0.1) is 0 Å². The number of aromatic nitrogens is 2. The Balaban J connectivity index is 2.02. The van der Waals surface area contributed by atoms with Crippen LogP contribution < -0.4 is 5.43 Å². The first-order valence-electron chi connectivity index (χ1n) is 8.11. The summed E-state index contributed by atoms with van der Waals surface area (Å²) in [7, 11) is 1.55. The van der Waals surface area contributed by atoms with Crippen LogP contribution in [0.4, 0.5) is 4.39 Å². The average Bonchev–Trinajstić information content (AvgIpc) is 2.62. The molecule has 0 N–H and O–H groups in total. The normalized spacial score (nSPS) is 10.9. The molecule has 0 aliphatic rings. The highest BCUT2D eigenvalue weighted by Gasteiger charge is 2.21. The second-order valence-corrected chi connectivity index (χ2v) is 6.38. The van der Waals surface area contributed by atoms with E-state index in [0.29, 0.717) is 28.0 Å². The Labute approximate surface area is 154 Å². The highest BCUT2D eigenvalue weighted by molar-refractivity contribution is 6.31. The van der Waals surface area contributed by atoms with Gasteiger partial charge in [-0.25, -0.2) is 4.39 Å². The van der Waals surface area contributed by atoms with Crippen molar-refractivity contribution in [2.45, 2.75) is 20.0 Å². The van der Waals surface area contributed by atoms with E-state index in [2.05, 4.69) is 5.10 Å². The summed E-state index contributed by atoms with van der Waals surface area (Å²) in [6.07, 6.45) is 0. The fourth-order valence-electron chi connectivity index (χ4n) is 2.81. The van der Waals surface area contributed by atoms with E-state index >= 15 is 0 Å². The number of fused-ring (bicyclic) bond motifs is 1. The van der Waals surface area contributed by atoms with Gasteiger partial charge < -0.3 is 4.90 Å². The maximum Gasteiger partial charge on any atom is 0.278 e. The minimum atomic E-state index is -0.525. The van der Waals surface area contributed by atoms with Crippen molar-refractivity contribution in [2.24, 2.45) is 0 Å². The van der Waals surface area contributed by atoms with Gasteiger partial charge in [0.05, 0.1) is 10.9 Å². The fraction of sp³-hybridized carbons (Fsp3) is 0.211. The predicted octanol–water partition coefficient (Wildman–Crippen LogP) is 3.48. The first-order chi connectivity index (χ1) is 12.4. The van der Waals surface area contributed by atoms with Gasteiger partial charge >= 0.3 is 0 Å². The van der Waals surface area contributed by atoms with Gasteiger partial charge in [-0.05, 0) is 42.8 Å². The summed E-state index contributed by atoms with van der Waals surface area (Å²) < 4.78 is 14.9. The van der Waals surface area contributed by atoms with Gasteiger partial charge in [0.15, 0.2) is 5.69 Å². The van der Waals surface area contributed by atoms with E-state index in [1.165, 1.54) is 23.1 Å². The van der Waals surface area contributed by atoms with Crippen molar-refractivity contribution in [3.63, 3.8) is 0 Å². The van der Waals surface area contributed by atoms with Crippen molar-refractivity contribution in [3.05, 3.63) is 74.8 Å². The van der Waals surface area contributed by atoms with E-state index < -0.39 is 11.3 Å². The quantitative estimate of drug-likeness (QED) is 0.703. The van der Waals surface area contributed by atoms with Crippen LogP contribution in [0, 0.1) is 5.82 Å². The molecule has 0 aliphatic carbocycles. The van der Waals surface area contributed by atoms with E-state index in [1.807, 2.05) is 6.92 Å². The molecule has 5 nitrogen and oxygen atoms in total. The van der Waals surface area contributed by atoms with E-state index in [-0.39, 0.29) is 18.1 Å². The summed E-state index contributed by atoms with van der Waals surface area (Å²) in [5, 5.41) is 4.98. The molecular weight excluding hydrogens is 357 g/mol. The molecule has 0 bridgehead atoms. The molecule has 134 valence electrons. The molecular formula is C19H17ClFN3O2. The lowest BCUT2D eigenvalue weighted by molar-refractivity contribution is 0.0775. The summed E-state index contributed by atoms with van der Waals surface area (Å²) in [5.74, 6) is -0.904. The molecule has 2 aromatic carbocycles. The van der Waals surface area contributed by atoms with Crippen molar-refractivity contribution in [1.82, 2.24) is 14.7 Å². The van der Waals surface area contributed by atoms with Crippen LogP contribution >= 0.6 is 11.6 Å². The maximum absolute atomic E-state index is 13.3. The van der Waals surface area contributed by atoms with Crippen molar-refractivity contribution >= 4 is 28.4 Å². The lowest BCUT2D eigenvalue weighted by atomic mass is 10.1. The number of halogens is 2.